The molecule has 16 heavy (non-hydrogen) atoms. The van der Waals surface area contributed by atoms with Crippen molar-refractivity contribution in [3.8, 4) is 0 Å². The highest BCUT2D eigenvalue weighted by molar-refractivity contribution is 4.92. The highest BCUT2D eigenvalue weighted by atomic mass is 16.5. The topological polar surface area (TPSA) is 21.3 Å². The Morgan fingerprint density at radius 1 is 1.19 bits per heavy atom. The van der Waals surface area contributed by atoms with E-state index in [0.717, 1.165) is 12.5 Å². The molecule has 2 saturated carbocycles. The summed E-state index contributed by atoms with van der Waals surface area (Å²) in [4.78, 5) is 0. The molecule has 0 aromatic heterocycles. The lowest BCUT2D eigenvalue weighted by atomic mass is 9.76. The summed E-state index contributed by atoms with van der Waals surface area (Å²) in [5, 5.41) is 3.26. The molecule has 2 aliphatic rings. The average molecular weight is 225 g/mol. The normalized spacial score (nSPS) is 33.4. The van der Waals surface area contributed by atoms with Gasteiger partial charge < -0.3 is 10.1 Å². The Balaban J connectivity index is 1.85. The Bertz CT molecular complexity index is 213. The van der Waals surface area contributed by atoms with E-state index < -0.39 is 0 Å². The van der Waals surface area contributed by atoms with Gasteiger partial charge in [0.05, 0.1) is 11.7 Å². The summed E-state index contributed by atoms with van der Waals surface area (Å²) in [5.74, 6) is 0.779. The molecule has 0 saturated heterocycles. The minimum atomic E-state index is 0.249. The van der Waals surface area contributed by atoms with E-state index in [1.165, 1.54) is 51.4 Å². The van der Waals surface area contributed by atoms with Gasteiger partial charge in [0, 0.05) is 0 Å². The minimum absolute atomic E-state index is 0.249. The zero-order valence-electron chi connectivity index (χ0n) is 10.9. The van der Waals surface area contributed by atoms with Crippen LogP contribution in [-0.2, 0) is 4.74 Å². The van der Waals surface area contributed by atoms with E-state index in [1.807, 2.05) is 7.05 Å². The van der Waals surface area contributed by atoms with Crippen LogP contribution in [-0.4, -0.2) is 25.3 Å². The molecule has 0 heterocycles. The van der Waals surface area contributed by atoms with Crippen LogP contribution in [0.2, 0.25) is 0 Å². The highest BCUT2D eigenvalue weighted by Crippen LogP contribution is 2.42. The molecule has 0 amide bonds. The first-order chi connectivity index (χ1) is 7.76. The van der Waals surface area contributed by atoms with E-state index in [-0.39, 0.29) is 5.60 Å². The van der Waals surface area contributed by atoms with Crippen LogP contribution in [0.4, 0.5) is 0 Å². The highest BCUT2D eigenvalue weighted by Gasteiger charge is 2.40. The van der Waals surface area contributed by atoms with Crippen LogP contribution in [0, 0.1) is 5.92 Å². The van der Waals surface area contributed by atoms with Crippen molar-refractivity contribution in [1.82, 2.24) is 5.32 Å². The quantitative estimate of drug-likeness (QED) is 0.776. The predicted octanol–water partition coefficient (Wildman–Crippen LogP) is 3.11. The lowest BCUT2D eigenvalue weighted by Gasteiger charge is -2.46. The van der Waals surface area contributed by atoms with Crippen LogP contribution >= 0.6 is 0 Å². The Kier molecular flexibility index (Phi) is 4.26. The smallest absolute Gasteiger partial charge is 0.0698 e. The van der Waals surface area contributed by atoms with Gasteiger partial charge in [-0.3, -0.25) is 0 Å². The van der Waals surface area contributed by atoms with Crippen molar-refractivity contribution in [3.63, 3.8) is 0 Å². The van der Waals surface area contributed by atoms with Crippen molar-refractivity contribution in [3.05, 3.63) is 0 Å². The minimum Gasteiger partial charge on any atom is -0.371 e. The lowest BCUT2D eigenvalue weighted by molar-refractivity contribution is -0.164. The number of hydrogen-bond donors (Lipinski definition) is 1. The van der Waals surface area contributed by atoms with Gasteiger partial charge in [0.25, 0.3) is 0 Å². The number of rotatable bonds is 5. The molecule has 2 nitrogen and oxygen atoms in total. The Morgan fingerprint density at radius 3 is 2.50 bits per heavy atom. The molecular formula is C14H27NO. The van der Waals surface area contributed by atoms with E-state index in [9.17, 15) is 0 Å². The molecule has 0 radical (unpaired) electrons. The SMILES string of the molecule is CNCCC1(OC2CCCCC2C)CCC1. The second kappa shape index (κ2) is 5.50. The van der Waals surface area contributed by atoms with Crippen LogP contribution in [0.5, 0.6) is 0 Å². The predicted molar refractivity (Wildman–Crippen MR) is 67.6 cm³/mol. The van der Waals surface area contributed by atoms with Crippen LogP contribution in [0.15, 0.2) is 0 Å². The summed E-state index contributed by atoms with van der Waals surface area (Å²) in [6, 6.07) is 0. The third-order valence-electron chi connectivity index (χ3n) is 4.53. The van der Waals surface area contributed by atoms with Gasteiger partial charge in [-0.1, -0.05) is 19.8 Å². The molecule has 1 N–H and O–H groups in total. The van der Waals surface area contributed by atoms with Crippen LogP contribution in [0.25, 0.3) is 0 Å². The van der Waals surface area contributed by atoms with Gasteiger partial charge in [0.1, 0.15) is 0 Å². The van der Waals surface area contributed by atoms with Crippen molar-refractivity contribution >= 4 is 0 Å². The van der Waals surface area contributed by atoms with Gasteiger partial charge in [-0.2, -0.15) is 0 Å². The van der Waals surface area contributed by atoms with E-state index in [4.69, 9.17) is 4.74 Å². The van der Waals surface area contributed by atoms with Crippen molar-refractivity contribution < 1.29 is 4.74 Å². The molecule has 2 unspecified atom stereocenters. The molecule has 0 spiro atoms. The monoisotopic (exact) mass is 225 g/mol. The van der Waals surface area contributed by atoms with Gasteiger partial charge >= 0.3 is 0 Å². The third kappa shape index (κ3) is 2.78. The molecule has 0 aliphatic heterocycles. The first-order valence-corrected chi connectivity index (χ1v) is 7.08. The zero-order chi connectivity index (χ0) is 11.4. The molecule has 2 aliphatic carbocycles. The van der Waals surface area contributed by atoms with Crippen LogP contribution in [0.1, 0.15) is 58.3 Å². The molecule has 0 bridgehead atoms. The maximum Gasteiger partial charge on any atom is 0.0698 e. The van der Waals surface area contributed by atoms with E-state index >= 15 is 0 Å². The van der Waals surface area contributed by atoms with Crippen molar-refractivity contribution in [1.29, 1.82) is 0 Å². The van der Waals surface area contributed by atoms with E-state index in [0.29, 0.717) is 6.10 Å². The lowest BCUT2D eigenvalue weighted by Crippen LogP contribution is -2.46. The fraction of sp³-hybridized carbons (Fsp3) is 1.00. The maximum absolute atomic E-state index is 6.49. The molecule has 0 aromatic rings. The summed E-state index contributed by atoms with van der Waals surface area (Å²) in [6.07, 6.45) is 11.1. The molecule has 2 heteroatoms. The summed E-state index contributed by atoms with van der Waals surface area (Å²) in [7, 11) is 2.04. The molecule has 0 aromatic carbocycles. The van der Waals surface area contributed by atoms with Gasteiger partial charge in [-0.05, 0) is 58.0 Å². The fourth-order valence-corrected chi connectivity index (χ4v) is 3.13. The second-order valence-corrected chi connectivity index (χ2v) is 5.81. The molecule has 2 rings (SSSR count). The number of hydrogen-bond acceptors (Lipinski definition) is 2. The van der Waals surface area contributed by atoms with Crippen LogP contribution in [0.3, 0.4) is 0 Å². The van der Waals surface area contributed by atoms with E-state index in [1.54, 1.807) is 0 Å². The largest absolute Gasteiger partial charge is 0.371 e. The Labute approximate surface area is 100 Å². The summed E-state index contributed by atoms with van der Waals surface area (Å²) in [5.41, 5.74) is 0.249. The summed E-state index contributed by atoms with van der Waals surface area (Å²) < 4.78 is 6.49. The molecule has 2 atom stereocenters. The first-order valence-electron chi connectivity index (χ1n) is 7.08. The Morgan fingerprint density at radius 2 is 1.94 bits per heavy atom. The van der Waals surface area contributed by atoms with Crippen molar-refractivity contribution in [2.45, 2.75) is 70.0 Å². The van der Waals surface area contributed by atoms with Gasteiger partial charge in [0.15, 0.2) is 0 Å². The van der Waals surface area contributed by atoms with Crippen LogP contribution < -0.4 is 5.32 Å². The zero-order valence-corrected chi connectivity index (χ0v) is 10.9. The standard InChI is InChI=1S/C14H27NO/c1-12-6-3-4-7-13(12)16-14(8-5-9-14)10-11-15-2/h12-13,15H,3-11H2,1-2H3. The summed E-state index contributed by atoms with van der Waals surface area (Å²) >= 11 is 0. The molecule has 94 valence electrons. The van der Waals surface area contributed by atoms with Gasteiger partial charge in [0.2, 0.25) is 0 Å². The molecular weight excluding hydrogens is 198 g/mol. The van der Waals surface area contributed by atoms with Gasteiger partial charge in [-0.15, -0.1) is 0 Å². The van der Waals surface area contributed by atoms with E-state index in [2.05, 4.69) is 12.2 Å². The fourth-order valence-electron chi connectivity index (χ4n) is 3.13. The van der Waals surface area contributed by atoms with Crippen molar-refractivity contribution in [2.75, 3.05) is 13.6 Å². The maximum atomic E-state index is 6.49. The van der Waals surface area contributed by atoms with Gasteiger partial charge in [-0.25, -0.2) is 0 Å². The summed E-state index contributed by atoms with van der Waals surface area (Å²) in [6.45, 7) is 3.47. The number of ether oxygens (including phenoxy) is 1. The van der Waals surface area contributed by atoms with Crippen molar-refractivity contribution in [2.24, 2.45) is 5.92 Å². The first kappa shape index (κ1) is 12.4. The molecule has 2 fully saturated rings. The number of nitrogens with one attached hydrogen (secondary N) is 1. The Hall–Kier alpha value is -0.0800. The third-order valence-corrected chi connectivity index (χ3v) is 4.53. The average Bonchev–Trinajstić information content (AvgIpc) is 2.24. The second-order valence-electron chi connectivity index (χ2n) is 5.81.